The highest BCUT2D eigenvalue weighted by Gasteiger charge is 2.43. The third-order valence-electron chi connectivity index (χ3n) is 4.20. The number of ether oxygens (including phenoxy) is 1. The third-order valence-corrected chi connectivity index (χ3v) is 4.20. The van der Waals surface area contributed by atoms with Gasteiger partial charge in [-0.1, -0.05) is 12.1 Å². The van der Waals surface area contributed by atoms with Gasteiger partial charge in [0.25, 0.3) is 5.91 Å². The lowest BCUT2D eigenvalue weighted by Crippen LogP contribution is -2.48. The van der Waals surface area contributed by atoms with E-state index in [1.165, 1.54) is 0 Å². The highest BCUT2D eigenvalue weighted by Crippen LogP contribution is 2.39. The van der Waals surface area contributed by atoms with Crippen molar-refractivity contribution in [3.8, 4) is 6.07 Å². The molecule has 1 aromatic heterocycles. The van der Waals surface area contributed by atoms with Crippen LogP contribution in [0.15, 0.2) is 39.5 Å². The fraction of sp³-hybridized carbons (Fsp3) is 0.333. The summed E-state index contributed by atoms with van der Waals surface area (Å²) in [7, 11) is 0. The smallest absolute Gasteiger partial charge is 0.374 e. The van der Waals surface area contributed by atoms with E-state index in [1.807, 2.05) is 0 Å². The zero-order valence-electron chi connectivity index (χ0n) is 13.6. The first-order valence-electron chi connectivity index (χ1n) is 7.85. The molecule has 1 N–H and O–H groups in total. The van der Waals surface area contributed by atoms with Gasteiger partial charge in [0.05, 0.1) is 11.5 Å². The summed E-state index contributed by atoms with van der Waals surface area (Å²) >= 11 is 0. The number of esters is 1. The number of rotatable bonds is 5. The maximum Gasteiger partial charge on any atom is 0.374 e. The topological polar surface area (TPSA) is 109 Å². The van der Waals surface area contributed by atoms with Gasteiger partial charge in [-0.3, -0.25) is 9.59 Å². The Labute approximate surface area is 143 Å². The zero-order chi connectivity index (χ0) is 18.0. The maximum atomic E-state index is 12.0. The Bertz CT molecular complexity index is 938. The average molecular weight is 340 g/mol. The Kier molecular flexibility index (Phi) is 4.28. The number of carbonyl (C=O) groups is 2. The summed E-state index contributed by atoms with van der Waals surface area (Å²) in [6, 6.07) is 9.63. The predicted molar refractivity (Wildman–Crippen MR) is 87.7 cm³/mol. The summed E-state index contributed by atoms with van der Waals surface area (Å²) in [5.74, 6) is -1.65. The highest BCUT2D eigenvalue weighted by atomic mass is 16.5. The molecule has 1 fully saturated rings. The van der Waals surface area contributed by atoms with Crippen LogP contribution in [0, 0.1) is 17.2 Å². The van der Waals surface area contributed by atoms with E-state index in [9.17, 15) is 19.6 Å². The summed E-state index contributed by atoms with van der Waals surface area (Å²) in [6.45, 7) is 1.09. The van der Waals surface area contributed by atoms with E-state index in [0.29, 0.717) is 5.39 Å². The lowest BCUT2D eigenvalue weighted by Gasteiger charge is -2.22. The van der Waals surface area contributed by atoms with E-state index in [2.05, 4.69) is 11.4 Å². The molecule has 0 bridgehead atoms. The van der Waals surface area contributed by atoms with Crippen molar-refractivity contribution in [3.05, 3.63) is 46.3 Å². The van der Waals surface area contributed by atoms with Crippen LogP contribution in [-0.2, 0) is 9.53 Å². The molecule has 7 nitrogen and oxygen atoms in total. The Morgan fingerprint density at radius 2 is 2.12 bits per heavy atom. The summed E-state index contributed by atoms with van der Waals surface area (Å²) in [6.07, 6.45) is 1.76. The van der Waals surface area contributed by atoms with Gasteiger partial charge in [-0.05, 0) is 37.8 Å². The number of hydrogen-bond donors (Lipinski definition) is 1. The molecule has 0 spiro atoms. The first-order chi connectivity index (χ1) is 11.9. The molecule has 0 aliphatic heterocycles. The van der Waals surface area contributed by atoms with Crippen molar-refractivity contribution in [3.63, 3.8) is 0 Å². The molecule has 1 aliphatic carbocycles. The molecule has 1 atom stereocenters. The largest absolute Gasteiger partial charge is 0.450 e. The van der Waals surface area contributed by atoms with Crippen LogP contribution < -0.4 is 10.7 Å². The van der Waals surface area contributed by atoms with Gasteiger partial charge in [0.1, 0.15) is 11.1 Å². The van der Waals surface area contributed by atoms with E-state index >= 15 is 0 Å². The Hall–Kier alpha value is -3.14. The number of amides is 1. The van der Waals surface area contributed by atoms with Gasteiger partial charge in [-0.25, -0.2) is 4.79 Å². The number of nitrogens with zero attached hydrogens (tertiary/aromatic N) is 1. The summed E-state index contributed by atoms with van der Waals surface area (Å²) < 4.78 is 10.2. The molecule has 128 valence electrons. The summed E-state index contributed by atoms with van der Waals surface area (Å²) in [4.78, 5) is 35.9. The molecular formula is C18H16N2O5. The molecule has 1 aromatic carbocycles. The fourth-order valence-corrected chi connectivity index (χ4v) is 2.61. The lowest BCUT2D eigenvalue weighted by molar-refractivity contribution is -0.125. The van der Waals surface area contributed by atoms with Crippen molar-refractivity contribution < 1.29 is 18.7 Å². The van der Waals surface area contributed by atoms with Crippen molar-refractivity contribution in [2.24, 2.45) is 5.92 Å². The van der Waals surface area contributed by atoms with Crippen LogP contribution in [-0.4, -0.2) is 24.0 Å². The van der Waals surface area contributed by atoms with Crippen LogP contribution in [0.3, 0.4) is 0 Å². The minimum atomic E-state index is -0.959. The van der Waals surface area contributed by atoms with Gasteiger partial charge in [-0.2, -0.15) is 5.26 Å². The third kappa shape index (κ3) is 3.53. The standard InChI is InChI=1S/C18H16N2O5/c1-18(10-19,11-6-7-11)20-16(22)9-24-17(23)15-8-13(21)12-4-2-3-5-14(12)25-15/h2-5,8,11H,6-7,9H2,1H3,(H,20,22)/t18-/m1/s1. The van der Waals surface area contributed by atoms with Crippen LogP contribution in [0.5, 0.6) is 0 Å². The minimum Gasteiger partial charge on any atom is -0.450 e. The molecular weight excluding hydrogens is 324 g/mol. The van der Waals surface area contributed by atoms with Crippen LogP contribution in [0.2, 0.25) is 0 Å². The second-order valence-corrected chi connectivity index (χ2v) is 6.18. The monoisotopic (exact) mass is 340 g/mol. The van der Waals surface area contributed by atoms with E-state index < -0.39 is 24.0 Å². The van der Waals surface area contributed by atoms with Crippen molar-refractivity contribution in [2.75, 3.05) is 6.61 Å². The van der Waals surface area contributed by atoms with E-state index in [0.717, 1.165) is 18.9 Å². The van der Waals surface area contributed by atoms with Crippen LogP contribution in [0.1, 0.15) is 30.3 Å². The molecule has 25 heavy (non-hydrogen) atoms. The molecule has 3 rings (SSSR count). The summed E-state index contributed by atoms with van der Waals surface area (Å²) in [5.41, 5.74) is -1.07. The van der Waals surface area contributed by atoms with Crippen molar-refractivity contribution in [1.82, 2.24) is 5.32 Å². The van der Waals surface area contributed by atoms with E-state index in [-0.39, 0.29) is 22.7 Å². The van der Waals surface area contributed by atoms with Gasteiger partial charge in [0.2, 0.25) is 5.76 Å². The molecule has 1 amide bonds. The normalized spacial score (nSPS) is 15.8. The Morgan fingerprint density at radius 3 is 2.80 bits per heavy atom. The number of nitriles is 1. The molecule has 0 unspecified atom stereocenters. The van der Waals surface area contributed by atoms with Gasteiger partial charge < -0.3 is 14.5 Å². The van der Waals surface area contributed by atoms with Gasteiger partial charge in [0, 0.05) is 6.07 Å². The molecule has 7 heteroatoms. The second kappa shape index (κ2) is 6.40. The quantitative estimate of drug-likeness (QED) is 0.831. The zero-order valence-corrected chi connectivity index (χ0v) is 13.6. The molecule has 2 aromatic rings. The number of para-hydroxylation sites is 1. The van der Waals surface area contributed by atoms with Gasteiger partial charge in [-0.15, -0.1) is 0 Å². The number of fused-ring (bicyclic) bond motifs is 1. The van der Waals surface area contributed by atoms with Crippen LogP contribution in [0.25, 0.3) is 11.0 Å². The maximum absolute atomic E-state index is 12.0. The predicted octanol–water partition coefficient (Wildman–Crippen LogP) is 1.76. The fourth-order valence-electron chi connectivity index (χ4n) is 2.61. The Morgan fingerprint density at radius 1 is 1.40 bits per heavy atom. The number of nitrogens with one attached hydrogen (secondary N) is 1. The van der Waals surface area contributed by atoms with Crippen LogP contribution in [0.4, 0.5) is 0 Å². The SMILES string of the molecule is C[C@](C#N)(NC(=O)COC(=O)c1cc(=O)c2ccccc2o1)C1CC1. The van der Waals surface area contributed by atoms with Gasteiger partial charge in [0.15, 0.2) is 12.0 Å². The lowest BCUT2D eigenvalue weighted by atomic mass is 9.98. The second-order valence-electron chi connectivity index (χ2n) is 6.18. The number of hydrogen-bond acceptors (Lipinski definition) is 6. The molecule has 1 saturated carbocycles. The average Bonchev–Trinajstić information content (AvgIpc) is 3.45. The minimum absolute atomic E-state index is 0.121. The number of benzene rings is 1. The van der Waals surface area contributed by atoms with Crippen molar-refractivity contribution in [1.29, 1.82) is 5.26 Å². The summed E-state index contributed by atoms with van der Waals surface area (Å²) in [5, 5.41) is 12.1. The Balaban J connectivity index is 1.66. The highest BCUT2D eigenvalue weighted by molar-refractivity contribution is 5.90. The molecule has 1 heterocycles. The first kappa shape index (κ1) is 16.7. The molecule has 0 radical (unpaired) electrons. The first-order valence-corrected chi connectivity index (χ1v) is 7.85. The van der Waals surface area contributed by atoms with Crippen molar-refractivity contribution in [2.45, 2.75) is 25.3 Å². The molecule has 0 saturated heterocycles. The van der Waals surface area contributed by atoms with E-state index in [4.69, 9.17) is 9.15 Å². The van der Waals surface area contributed by atoms with Crippen molar-refractivity contribution >= 4 is 22.8 Å². The molecule has 1 aliphatic rings. The van der Waals surface area contributed by atoms with Gasteiger partial charge >= 0.3 is 5.97 Å². The number of carbonyl (C=O) groups excluding carboxylic acids is 2. The van der Waals surface area contributed by atoms with E-state index in [1.54, 1.807) is 31.2 Å². The van der Waals surface area contributed by atoms with Crippen LogP contribution >= 0.6 is 0 Å².